The molecule has 1 unspecified atom stereocenters. The van der Waals surface area contributed by atoms with E-state index in [2.05, 4.69) is 35.2 Å². The van der Waals surface area contributed by atoms with Gasteiger partial charge in [-0.15, -0.1) is 5.10 Å². The second kappa shape index (κ2) is 10.8. The predicted molar refractivity (Wildman–Crippen MR) is 174 cm³/mol. The Morgan fingerprint density at radius 3 is 2.70 bits per heavy atom. The molecular formula is C37H28ClFN4O3. The minimum atomic E-state index is -0.354. The second-order valence-electron chi connectivity index (χ2n) is 12.7. The standard InChI is InChI=1S/C37H28ClFN4O3/c1-37(2)17-32(44)36-34(18-37)46-33-15-22-5-9-27(13-23(22)14-29(33)35(36)21-3-7-25(39)8-4-21)45-20-26-19-43(42-41-26)31-11-12-40-30-16-24(38)6-10-28(30)31/h3-16,19,35H,17-18,20H2,1-2H3. The Kier molecular flexibility index (Phi) is 6.65. The number of halogens is 2. The SMILES string of the molecule is CC1(C)CC(=O)C2=C(C1)Oc1cc3ccc(OCc4cn(-c5ccnc6cc(Cl)ccc56)nn4)cc3cc1C2c1ccc(F)cc1. The highest BCUT2D eigenvalue weighted by molar-refractivity contribution is 6.31. The lowest BCUT2D eigenvalue weighted by Crippen LogP contribution is -2.32. The highest BCUT2D eigenvalue weighted by Gasteiger charge is 2.42. The van der Waals surface area contributed by atoms with Crippen LogP contribution in [0.2, 0.25) is 5.02 Å². The molecule has 0 fully saturated rings. The molecule has 1 atom stereocenters. The fraction of sp³-hybridized carbons (Fsp3) is 0.189. The van der Waals surface area contributed by atoms with Gasteiger partial charge in [0.2, 0.25) is 0 Å². The number of pyridine rings is 1. The molecule has 4 aromatic carbocycles. The maximum atomic E-state index is 13.9. The van der Waals surface area contributed by atoms with Gasteiger partial charge in [0.1, 0.15) is 35.4 Å². The zero-order chi connectivity index (χ0) is 31.6. The number of ether oxygens (including phenoxy) is 2. The van der Waals surface area contributed by atoms with Crippen molar-refractivity contribution >= 4 is 39.1 Å². The third-order valence-corrected chi connectivity index (χ3v) is 8.95. The number of rotatable bonds is 5. The monoisotopic (exact) mass is 630 g/mol. The number of carbonyl (C=O) groups is 1. The Balaban J connectivity index is 1.10. The molecule has 2 aliphatic rings. The van der Waals surface area contributed by atoms with Crippen LogP contribution in [0.5, 0.6) is 11.5 Å². The average Bonchev–Trinajstić information content (AvgIpc) is 3.50. The molecule has 0 N–H and O–H groups in total. The normalized spacial score (nSPS) is 17.1. The Bertz CT molecular complexity index is 2220. The van der Waals surface area contributed by atoms with E-state index in [1.807, 2.05) is 54.7 Å². The maximum absolute atomic E-state index is 13.9. The van der Waals surface area contributed by atoms with E-state index in [0.29, 0.717) is 46.4 Å². The summed E-state index contributed by atoms with van der Waals surface area (Å²) in [6.07, 6.45) is 4.64. The summed E-state index contributed by atoms with van der Waals surface area (Å²) in [4.78, 5) is 18.0. The molecule has 3 heterocycles. The van der Waals surface area contributed by atoms with Crippen molar-refractivity contribution in [2.45, 2.75) is 39.2 Å². The van der Waals surface area contributed by atoms with Gasteiger partial charge in [-0.2, -0.15) is 0 Å². The predicted octanol–water partition coefficient (Wildman–Crippen LogP) is 8.51. The number of benzene rings is 4. The van der Waals surface area contributed by atoms with Crippen molar-refractivity contribution in [1.82, 2.24) is 20.0 Å². The van der Waals surface area contributed by atoms with Crippen LogP contribution in [0.3, 0.4) is 0 Å². The number of allylic oxidation sites excluding steroid dienone is 2. The molecule has 0 bridgehead atoms. The fourth-order valence-electron chi connectivity index (χ4n) is 6.60. The first-order valence-electron chi connectivity index (χ1n) is 15.1. The van der Waals surface area contributed by atoms with Gasteiger partial charge in [-0.05, 0) is 82.4 Å². The van der Waals surface area contributed by atoms with Crippen molar-refractivity contribution in [2.24, 2.45) is 5.41 Å². The highest BCUT2D eigenvalue weighted by Crippen LogP contribution is 2.51. The van der Waals surface area contributed by atoms with Crippen LogP contribution in [0, 0.1) is 11.2 Å². The molecule has 46 heavy (non-hydrogen) atoms. The van der Waals surface area contributed by atoms with Gasteiger partial charge in [-0.25, -0.2) is 9.07 Å². The molecule has 2 aromatic heterocycles. The van der Waals surface area contributed by atoms with E-state index in [9.17, 15) is 9.18 Å². The molecular weight excluding hydrogens is 603 g/mol. The number of hydrogen-bond donors (Lipinski definition) is 0. The van der Waals surface area contributed by atoms with Crippen molar-refractivity contribution in [1.29, 1.82) is 0 Å². The molecule has 8 rings (SSSR count). The van der Waals surface area contributed by atoms with E-state index in [1.54, 1.807) is 23.0 Å². The lowest BCUT2D eigenvalue weighted by atomic mass is 9.70. The molecule has 9 heteroatoms. The van der Waals surface area contributed by atoms with Crippen LogP contribution in [0.25, 0.3) is 27.4 Å². The van der Waals surface area contributed by atoms with Crippen LogP contribution in [0.15, 0.2) is 103 Å². The lowest BCUT2D eigenvalue weighted by molar-refractivity contribution is -0.118. The molecule has 6 aromatic rings. The minimum absolute atomic E-state index is 0.0695. The van der Waals surface area contributed by atoms with Gasteiger partial charge in [0, 0.05) is 46.5 Å². The summed E-state index contributed by atoms with van der Waals surface area (Å²) in [7, 11) is 0. The van der Waals surface area contributed by atoms with Gasteiger partial charge in [0.25, 0.3) is 0 Å². The average molecular weight is 631 g/mol. The summed E-state index contributed by atoms with van der Waals surface area (Å²) in [6, 6.07) is 23.8. The quantitative estimate of drug-likeness (QED) is 0.190. The molecule has 1 aliphatic carbocycles. The number of ketones is 1. The Morgan fingerprint density at radius 1 is 1.00 bits per heavy atom. The van der Waals surface area contributed by atoms with Crippen molar-refractivity contribution in [3.05, 3.63) is 130 Å². The van der Waals surface area contributed by atoms with Crippen molar-refractivity contribution < 1.29 is 18.7 Å². The summed E-state index contributed by atoms with van der Waals surface area (Å²) in [5, 5.41) is 12.1. The van der Waals surface area contributed by atoms with Crippen LogP contribution in [0.1, 0.15) is 49.4 Å². The van der Waals surface area contributed by atoms with Crippen LogP contribution in [-0.4, -0.2) is 25.8 Å². The molecule has 7 nitrogen and oxygen atoms in total. The Hall–Kier alpha value is -5.08. The highest BCUT2D eigenvalue weighted by atomic mass is 35.5. The van der Waals surface area contributed by atoms with E-state index in [0.717, 1.165) is 38.5 Å². The molecule has 0 spiro atoms. The number of aromatic nitrogens is 4. The number of fused-ring (bicyclic) bond motifs is 3. The molecule has 0 saturated carbocycles. The van der Waals surface area contributed by atoms with E-state index in [-0.39, 0.29) is 29.5 Å². The Morgan fingerprint density at radius 2 is 1.85 bits per heavy atom. The van der Waals surface area contributed by atoms with Crippen LogP contribution >= 0.6 is 11.6 Å². The number of nitrogens with zero attached hydrogens (tertiary/aromatic N) is 4. The molecule has 228 valence electrons. The summed E-state index contributed by atoms with van der Waals surface area (Å²) in [5.74, 6) is 1.48. The maximum Gasteiger partial charge on any atom is 0.163 e. The zero-order valence-corrected chi connectivity index (χ0v) is 25.9. The van der Waals surface area contributed by atoms with E-state index in [4.69, 9.17) is 21.1 Å². The van der Waals surface area contributed by atoms with Gasteiger partial charge in [-0.1, -0.05) is 48.9 Å². The van der Waals surface area contributed by atoms with Crippen molar-refractivity contribution in [2.75, 3.05) is 0 Å². The number of hydrogen-bond acceptors (Lipinski definition) is 6. The van der Waals surface area contributed by atoms with Gasteiger partial charge in [0.15, 0.2) is 5.78 Å². The summed E-state index contributed by atoms with van der Waals surface area (Å²) in [5.41, 5.74) is 4.46. The summed E-state index contributed by atoms with van der Waals surface area (Å²) < 4.78 is 28.3. The smallest absolute Gasteiger partial charge is 0.163 e. The minimum Gasteiger partial charge on any atom is -0.487 e. The molecule has 1 aliphatic heterocycles. The lowest BCUT2D eigenvalue weighted by Gasteiger charge is -2.38. The fourth-order valence-corrected chi connectivity index (χ4v) is 6.77. The van der Waals surface area contributed by atoms with Crippen LogP contribution < -0.4 is 9.47 Å². The van der Waals surface area contributed by atoms with E-state index < -0.39 is 0 Å². The third-order valence-electron chi connectivity index (χ3n) is 8.71. The summed E-state index contributed by atoms with van der Waals surface area (Å²) in [6.45, 7) is 4.38. The van der Waals surface area contributed by atoms with Gasteiger partial charge < -0.3 is 9.47 Å². The molecule has 0 radical (unpaired) electrons. The topological polar surface area (TPSA) is 79.1 Å². The molecule has 0 amide bonds. The first-order chi connectivity index (χ1) is 22.2. The first-order valence-corrected chi connectivity index (χ1v) is 15.4. The van der Waals surface area contributed by atoms with Crippen molar-refractivity contribution in [3.63, 3.8) is 0 Å². The van der Waals surface area contributed by atoms with Gasteiger partial charge in [0.05, 0.1) is 17.4 Å². The molecule has 0 saturated heterocycles. The van der Waals surface area contributed by atoms with Crippen LogP contribution in [-0.2, 0) is 11.4 Å². The zero-order valence-electron chi connectivity index (χ0n) is 25.1. The Labute approximate surface area is 269 Å². The second-order valence-corrected chi connectivity index (χ2v) is 13.1. The van der Waals surface area contributed by atoms with E-state index in [1.165, 1.54) is 12.1 Å². The van der Waals surface area contributed by atoms with E-state index >= 15 is 0 Å². The summed E-state index contributed by atoms with van der Waals surface area (Å²) >= 11 is 6.15. The van der Waals surface area contributed by atoms with Crippen molar-refractivity contribution in [3.8, 4) is 17.2 Å². The van der Waals surface area contributed by atoms with Crippen LogP contribution in [0.4, 0.5) is 4.39 Å². The largest absolute Gasteiger partial charge is 0.487 e. The van der Waals surface area contributed by atoms with Gasteiger partial charge >= 0.3 is 0 Å². The number of Topliss-reactive ketones (excluding diaryl/α,β-unsaturated/α-hetero) is 1. The van der Waals surface area contributed by atoms with Gasteiger partial charge in [-0.3, -0.25) is 9.78 Å². The first kappa shape index (κ1) is 28.4. The third kappa shape index (κ3) is 5.08. The number of carbonyl (C=O) groups excluding carboxylic acids is 1.